The maximum Gasteiger partial charge on any atom is 0.220 e. The number of nitrogens with zero attached hydrogens (tertiary/aromatic N) is 2. The maximum atomic E-state index is 5.80. The molecule has 4 nitrogen and oxygen atoms in total. The van der Waals surface area contributed by atoms with Crippen LogP contribution in [0.4, 0.5) is 0 Å². The lowest BCUT2D eigenvalue weighted by atomic mass is 10.0. The minimum absolute atomic E-state index is 0.257. The highest BCUT2D eigenvalue weighted by molar-refractivity contribution is 5.24. The maximum absolute atomic E-state index is 5.80. The van der Waals surface area contributed by atoms with Gasteiger partial charge in [-0.25, -0.2) is 0 Å². The average Bonchev–Trinajstić information content (AvgIpc) is 2.60. The van der Waals surface area contributed by atoms with Gasteiger partial charge in [-0.1, -0.05) is 41.5 Å². The molecule has 1 N–H and O–H groups in total. The highest BCUT2D eigenvalue weighted by Crippen LogP contribution is 2.73. The molecule has 102 valence electrons. The number of aromatic nitrogens is 2. The van der Waals surface area contributed by atoms with E-state index in [1.54, 1.807) is 0 Å². The normalized spacial score (nSPS) is 21.5. The molecule has 0 saturated heterocycles. The summed E-state index contributed by atoms with van der Waals surface area (Å²) in [5.41, 5.74) is 0.514. The van der Waals surface area contributed by atoms with Gasteiger partial charge >= 0.3 is 0 Å². The predicted molar refractivity (Wildman–Crippen MR) is 71.4 cm³/mol. The summed E-state index contributed by atoms with van der Waals surface area (Å²) in [4.78, 5) is 0. The lowest BCUT2D eigenvalue weighted by Crippen LogP contribution is -2.25. The van der Waals surface area contributed by atoms with Crippen molar-refractivity contribution in [3.8, 4) is 0 Å². The van der Waals surface area contributed by atoms with Crippen LogP contribution in [-0.2, 0) is 6.42 Å². The molecule has 0 spiro atoms. The van der Waals surface area contributed by atoms with Gasteiger partial charge in [0.05, 0.1) is 0 Å². The molecule has 4 heteroatoms. The second-order valence-electron chi connectivity index (χ2n) is 6.77. The first-order valence-corrected chi connectivity index (χ1v) is 6.82. The summed E-state index contributed by atoms with van der Waals surface area (Å²) in [6, 6.07) is 0.494. The first-order valence-electron chi connectivity index (χ1n) is 6.82. The van der Waals surface area contributed by atoms with E-state index < -0.39 is 0 Å². The van der Waals surface area contributed by atoms with Crippen LogP contribution in [0.1, 0.15) is 59.2 Å². The molecule has 0 atom stereocenters. The molecule has 1 aliphatic rings. The van der Waals surface area contributed by atoms with Gasteiger partial charge in [-0.15, -0.1) is 10.2 Å². The van der Waals surface area contributed by atoms with Crippen molar-refractivity contribution < 1.29 is 4.42 Å². The largest absolute Gasteiger partial charge is 0.425 e. The third-order valence-electron chi connectivity index (χ3n) is 4.64. The number of hydrogen-bond acceptors (Lipinski definition) is 4. The Morgan fingerprint density at radius 3 is 2.28 bits per heavy atom. The average molecular weight is 251 g/mol. The fraction of sp³-hybridized carbons (Fsp3) is 0.857. The van der Waals surface area contributed by atoms with Gasteiger partial charge in [0.2, 0.25) is 11.8 Å². The third-order valence-corrected chi connectivity index (χ3v) is 4.64. The monoisotopic (exact) mass is 251 g/mol. The Bertz CT molecular complexity index is 406. The van der Waals surface area contributed by atoms with Crippen LogP contribution in [0.3, 0.4) is 0 Å². The van der Waals surface area contributed by atoms with E-state index in [-0.39, 0.29) is 10.8 Å². The molecule has 2 rings (SSSR count). The van der Waals surface area contributed by atoms with Gasteiger partial charge in [-0.3, -0.25) is 0 Å². The van der Waals surface area contributed by atoms with Crippen molar-refractivity contribution >= 4 is 0 Å². The van der Waals surface area contributed by atoms with Gasteiger partial charge in [-0.05, 0) is 10.8 Å². The van der Waals surface area contributed by atoms with Crippen molar-refractivity contribution in [3.63, 3.8) is 0 Å². The van der Waals surface area contributed by atoms with E-state index >= 15 is 0 Å². The summed E-state index contributed by atoms with van der Waals surface area (Å²) in [5.74, 6) is 1.95. The molecule has 0 unspecified atom stereocenters. The van der Waals surface area contributed by atoms with Crippen LogP contribution in [0.15, 0.2) is 4.42 Å². The third kappa shape index (κ3) is 2.18. The van der Waals surface area contributed by atoms with Crippen molar-refractivity contribution in [3.05, 3.63) is 11.8 Å². The van der Waals surface area contributed by atoms with Gasteiger partial charge in [0, 0.05) is 24.9 Å². The van der Waals surface area contributed by atoms with Crippen molar-refractivity contribution in [2.45, 2.75) is 59.9 Å². The highest BCUT2D eigenvalue weighted by atomic mass is 16.4. The number of rotatable bonds is 5. The van der Waals surface area contributed by atoms with Gasteiger partial charge in [0.15, 0.2) is 0 Å². The molecule has 0 aromatic carbocycles. The zero-order valence-corrected chi connectivity index (χ0v) is 12.4. The molecule has 1 fully saturated rings. The topological polar surface area (TPSA) is 51.0 Å². The first-order chi connectivity index (χ1) is 8.26. The van der Waals surface area contributed by atoms with E-state index in [4.69, 9.17) is 4.42 Å². The molecule has 1 aromatic rings. The zero-order chi connectivity index (χ0) is 13.6. The molecule has 0 amide bonds. The summed E-state index contributed by atoms with van der Waals surface area (Å²) in [7, 11) is 0. The molecule has 0 aliphatic heterocycles. The van der Waals surface area contributed by atoms with E-state index in [2.05, 4.69) is 57.1 Å². The zero-order valence-electron chi connectivity index (χ0n) is 12.4. The molecular weight excluding hydrogens is 226 g/mol. The standard InChI is InChI=1S/C14H25N3O/c1-9(2)15-8-7-10-16-17-12(18-10)11-13(3,4)14(11,5)6/h9,11,15H,7-8H2,1-6H3. The lowest BCUT2D eigenvalue weighted by Gasteiger charge is -2.04. The molecule has 1 aliphatic carbocycles. The van der Waals surface area contributed by atoms with E-state index in [0.29, 0.717) is 12.0 Å². The molecule has 1 heterocycles. The number of nitrogens with one attached hydrogen (secondary N) is 1. The van der Waals surface area contributed by atoms with Gasteiger partial charge in [0.25, 0.3) is 0 Å². The van der Waals surface area contributed by atoms with Crippen molar-refractivity contribution in [1.29, 1.82) is 0 Å². The second-order valence-corrected chi connectivity index (χ2v) is 6.77. The van der Waals surface area contributed by atoms with E-state index in [1.807, 2.05) is 0 Å². The number of hydrogen-bond donors (Lipinski definition) is 1. The minimum atomic E-state index is 0.257. The summed E-state index contributed by atoms with van der Waals surface area (Å²) in [6.45, 7) is 14.2. The van der Waals surface area contributed by atoms with Crippen LogP contribution < -0.4 is 5.32 Å². The Morgan fingerprint density at radius 1 is 1.17 bits per heavy atom. The summed E-state index contributed by atoms with van der Waals surface area (Å²) >= 11 is 0. The van der Waals surface area contributed by atoms with Crippen LogP contribution in [0, 0.1) is 10.8 Å². The van der Waals surface area contributed by atoms with E-state index in [9.17, 15) is 0 Å². The molecule has 1 saturated carbocycles. The molecule has 18 heavy (non-hydrogen) atoms. The highest BCUT2D eigenvalue weighted by Gasteiger charge is 2.67. The summed E-state index contributed by atoms with van der Waals surface area (Å²) in [5, 5.41) is 11.7. The molecular formula is C14H25N3O. The fourth-order valence-electron chi connectivity index (χ4n) is 2.77. The smallest absolute Gasteiger partial charge is 0.220 e. The molecule has 0 bridgehead atoms. The van der Waals surface area contributed by atoms with Crippen LogP contribution in [-0.4, -0.2) is 22.8 Å². The second kappa shape index (κ2) is 4.34. The summed E-state index contributed by atoms with van der Waals surface area (Å²) < 4.78 is 5.80. The lowest BCUT2D eigenvalue weighted by molar-refractivity contribution is 0.424. The Kier molecular flexibility index (Phi) is 3.26. The predicted octanol–water partition coefficient (Wildman–Crippen LogP) is 2.76. The Balaban J connectivity index is 1.96. The molecule has 1 aromatic heterocycles. The first kappa shape index (κ1) is 13.5. The Labute approximate surface area is 110 Å². The Hall–Kier alpha value is -0.900. The van der Waals surface area contributed by atoms with Crippen molar-refractivity contribution in [2.75, 3.05) is 6.54 Å². The van der Waals surface area contributed by atoms with E-state index in [0.717, 1.165) is 24.7 Å². The van der Waals surface area contributed by atoms with Crippen LogP contribution in [0.25, 0.3) is 0 Å². The SMILES string of the molecule is CC(C)NCCc1nnc(C2C(C)(C)C2(C)C)o1. The Morgan fingerprint density at radius 2 is 1.78 bits per heavy atom. The van der Waals surface area contributed by atoms with Gasteiger partial charge in [0.1, 0.15) is 0 Å². The quantitative estimate of drug-likeness (QED) is 0.874. The van der Waals surface area contributed by atoms with Crippen molar-refractivity contribution in [2.24, 2.45) is 10.8 Å². The van der Waals surface area contributed by atoms with Crippen LogP contribution in [0.5, 0.6) is 0 Å². The van der Waals surface area contributed by atoms with Gasteiger partial charge in [-0.2, -0.15) is 0 Å². The van der Waals surface area contributed by atoms with Crippen LogP contribution >= 0.6 is 0 Å². The van der Waals surface area contributed by atoms with E-state index in [1.165, 1.54) is 0 Å². The van der Waals surface area contributed by atoms with Gasteiger partial charge < -0.3 is 9.73 Å². The summed E-state index contributed by atoms with van der Waals surface area (Å²) in [6.07, 6.45) is 0.804. The van der Waals surface area contributed by atoms with Crippen molar-refractivity contribution in [1.82, 2.24) is 15.5 Å². The fourth-order valence-corrected chi connectivity index (χ4v) is 2.77. The van der Waals surface area contributed by atoms with Crippen LogP contribution in [0.2, 0.25) is 0 Å². The minimum Gasteiger partial charge on any atom is -0.425 e. The molecule has 0 radical (unpaired) electrons.